The van der Waals surface area contributed by atoms with Crippen LogP contribution in [0.4, 0.5) is 0 Å². The van der Waals surface area contributed by atoms with Crippen molar-refractivity contribution < 1.29 is 5.11 Å². The minimum Gasteiger partial charge on any atom is -0.392 e. The summed E-state index contributed by atoms with van der Waals surface area (Å²) in [5, 5.41) is 9.85. The average Bonchev–Trinajstić information content (AvgIpc) is 2.17. The molecule has 0 amide bonds. The van der Waals surface area contributed by atoms with Crippen LogP contribution < -0.4 is 0 Å². The van der Waals surface area contributed by atoms with E-state index >= 15 is 0 Å². The van der Waals surface area contributed by atoms with Crippen LogP contribution in [0.25, 0.3) is 0 Å². The molecule has 2 unspecified atom stereocenters. The topological polar surface area (TPSA) is 20.2 Å². The van der Waals surface area contributed by atoms with E-state index in [1.54, 1.807) is 0 Å². The molecule has 0 radical (unpaired) electrons. The highest BCUT2D eigenvalue weighted by Crippen LogP contribution is 2.38. The Hall–Kier alpha value is -1.26. The van der Waals surface area contributed by atoms with E-state index < -0.39 is 0 Å². The Morgan fingerprint density at radius 3 is 3.00 bits per heavy atom. The van der Waals surface area contributed by atoms with Gasteiger partial charge >= 0.3 is 0 Å². The molecule has 1 nitrogen and oxygen atoms in total. The molecule has 2 atom stereocenters. The maximum absolute atomic E-state index is 9.85. The zero-order valence-electron chi connectivity index (χ0n) is 8.11. The number of benzene rings is 1. The van der Waals surface area contributed by atoms with E-state index in [2.05, 4.69) is 18.1 Å². The third kappa shape index (κ3) is 1.54. The zero-order chi connectivity index (χ0) is 9.97. The molecular weight excluding hydrogens is 172 g/mol. The van der Waals surface area contributed by atoms with Gasteiger partial charge in [0.15, 0.2) is 0 Å². The van der Waals surface area contributed by atoms with Crippen LogP contribution >= 0.6 is 0 Å². The molecule has 0 aromatic heterocycles. The van der Waals surface area contributed by atoms with Crippen molar-refractivity contribution in [3.05, 3.63) is 35.4 Å². The summed E-state index contributed by atoms with van der Waals surface area (Å²) in [5.41, 5.74) is 2.68. The molecule has 0 aliphatic heterocycles. The summed E-state index contributed by atoms with van der Waals surface area (Å²) in [7, 11) is 0. The molecule has 1 aliphatic rings. The molecule has 72 valence electrons. The summed E-state index contributed by atoms with van der Waals surface area (Å²) in [4.78, 5) is 0. The van der Waals surface area contributed by atoms with Crippen LogP contribution in [0.5, 0.6) is 0 Å². The van der Waals surface area contributed by atoms with Gasteiger partial charge in [0.2, 0.25) is 0 Å². The lowest BCUT2D eigenvalue weighted by Crippen LogP contribution is -2.28. The first-order valence-electron chi connectivity index (χ1n) is 5.02. The molecule has 0 spiro atoms. The highest BCUT2D eigenvalue weighted by molar-refractivity contribution is 5.40. The van der Waals surface area contributed by atoms with E-state index in [-0.39, 0.29) is 6.10 Å². The maximum Gasteiger partial charge on any atom is 0.0621 e. The Morgan fingerprint density at radius 1 is 1.50 bits per heavy atom. The van der Waals surface area contributed by atoms with Crippen LogP contribution in [0.1, 0.15) is 29.9 Å². The summed E-state index contributed by atoms with van der Waals surface area (Å²) >= 11 is 0. The molecule has 0 saturated carbocycles. The number of terminal acetylenes is 1. The fourth-order valence-electron chi connectivity index (χ4n) is 2.07. The minimum absolute atomic E-state index is 0.263. The third-order valence-electron chi connectivity index (χ3n) is 2.94. The normalized spacial score (nSPS) is 20.4. The predicted molar refractivity (Wildman–Crippen MR) is 57.0 cm³/mol. The highest BCUT2D eigenvalue weighted by Gasteiger charge is 2.30. The monoisotopic (exact) mass is 186 g/mol. The predicted octanol–water partition coefficient (Wildman–Crippen LogP) is 2.10. The Labute approximate surface area is 84.8 Å². The number of fused-ring (bicyclic) bond motifs is 1. The lowest BCUT2D eigenvalue weighted by molar-refractivity contribution is 0.125. The third-order valence-corrected chi connectivity index (χ3v) is 2.94. The molecule has 1 heteroatoms. The van der Waals surface area contributed by atoms with E-state index in [1.807, 2.05) is 12.1 Å². The van der Waals surface area contributed by atoms with Gasteiger partial charge in [0.05, 0.1) is 6.10 Å². The summed E-state index contributed by atoms with van der Waals surface area (Å²) in [5.74, 6) is 2.88. The van der Waals surface area contributed by atoms with E-state index in [0.717, 1.165) is 12.8 Å². The second-order valence-electron chi connectivity index (χ2n) is 3.82. The van der Waals surface area contributed by atoms with Crippen molar-refractivity contribution in [3.63, 3.8) is 0 Å². The first-order valence-corrected chi connectivity index (χ1v) is 5.02. The van der Waals surface area contributed by atoms with E-state index in [0.29, 0.717) is 12.3 Å². The minimum atomic E-state index is -0.263. The molecule has 1 N–H and O–H groups in total. The van der Waals surface area contributed by atoms with Gasteiger partial charge < -0.3 is 5.11 Å². The number of aliphatic hydroxyl groups excluding tert-OH is 1. The molecule has 1 aliphatic carbocycles. The Balaban J connectivity index is 2.01. The molecule has 2 rings (SSSR count). The molecule has 0 fully saturated rings. The Kier molecular flexibility index (Phi) is 2.56. The van der Waals surface area contributed by atoms with Crippen LogP contribution in [0.15, 0.2) is 24.3 Å². The maximum atomic E-state index is 9.85. The number of hydrogen-bond acceptors (Lipinski definition) is 1. The number of aliphatic hydroxyl groups is 1. The van der Waals surface area contributed by atoms with Crippen molar-refractivity contribution in [3.8, 4) is 12.3 Å². The van der Waals surface area contributed by atoms with Gasteiger partial charge in [-0.15, -0.1) is 12.3 Å². The molecule has 0 bridgehead atoms. The molecule has 1 aromatic rings. The lowest BCUT2D eigenvalue weighted by Gasteiger charge is -2.33. The molecule has 0 saturated heterocycles. The highest BCUT2D eigenvalue weighted by atomic mass is 16.3. The molecule has 0 heterocycles. The van der Waals surface area contributed by atoms with Gasteiger partial charge in [-0.1, -0.05) is 24.3 Å². The molecular formula is C13H14O. The largest absolute Gasteiger partial charge is 0.392 e. The van der Waals surface area contributed by atoms with Gasteiger partial charge in [0.1, 0.15) is 0 Å². The van der Waals surface area contributed by atoms with Gasteiger partial charge in [0, 0.05) is 12.3 Å². The van der Waals surface area contributed by atoms with E-state index in [4.69, 9.17) is 6.42 Å². The molecule has 1 aromatic carbocycles. The SMILES string of the molecule is C#CCCC(O)C1Cc2ccccc21. The fraction of sp³-hybridized carbons (Fsp3) is 0.385. The van der Waals surface area contributed by atoms with Crippen molar-refractivity contribution in [1.29, 1.82) is 0 Å². The summed E-state index contributed by atoms with van der Waals surface area (Å²) in [6.07, 6.45) is 7.29. The average molecular weight is 186 g/mol. The summed E-state index contributed by atoms with van der Waals surface area (Å²) < 4.78 is 0. The Bertz CT molecular complexity index is 362. The summed E-state index contributed by atoms with van der Waals surface area (Å²) in [6.45, 7) is 0. The van der Waals surface area contributed by atoms with Gasteiger partial charge in [0.25, 0.3) is 0 Å². The van der Waals surface area contributed by atoms with Gasteiger partial charge in [-0.3, -0.25) is 0 Å². The lowest BCUT2D eigenvalue weighted by atomic mass is 9.73. The zero-order valence-corrected chi connectivity index (χ0v) is 8.11. The fourth-order valence-corrected chi connectivity index (χ4v) is 2.07. The number of hydrogen-bond donors (Lipinski definition) is 1. The van der Waals surface area contributed by atoms with Crippen LogP contribution in [-0.2, 0) is 6.42 Å². The van der Waals surface area contributed by atoms with Crippen molar-refractivity contribution in [2.75, 3.05) is 0 Å². The smallest absolute Gasteiger partial charge is 0.0621 e. The van der Waals surface area contributed by atoms with Gasteiger partial charge in [-0.05, 0) is 24.0 Å². The van der Waals surface area contributed by atoms with E-state index in [1.165, 1.54) is 11.1 Å². The quantitative estimate of drug-likeness (QED) is 0.717. The van der Waals surface area contributed by atoms with Crippen LogP contribution in [0.3, 0.4) is 0 Å². The second-order valence-corrected chi connectivity index (χ2v) is 3.82. The first-order chi connectivity index (χ1) is 6.83. The standard InChI is InChI=1S/C13H14O/c1-2-3-8-13(14)12-9-10-6-4-5-7-11(10)12/h1,4-7,12-14H,3,8-9H2. The van der Waals surface area contributed by atoms with Crippen LogP contribution in [-0.4, -0.2) is 11.2 Å². The van der Waals surface area contributed by atoms with Crippen molar-refractivity contribution in [2.24, 2.45) is 0 Å². The van der Waals surface area contributed by atoms with Crippen LogP contribution in [0, 0.1) is 12.3 Å². The van der Waals surface area contributed by atoms with E-state index in [9.17, 15) is 5.11 Å². The second kappa shape index (κ2) is 3.86. The first kappa shape index (κ1) is 9.30. The van der Waals surface area contributed by atoms with Crippen molar-refractivity contribution in [1.82, 2.24) is 0 Å². The van der Waals surface area contributed by atoms with Crippen molar-refractivity contribution in [2.45, 2.75) is 31.3 Å². The Morgan fingerprint density at radius 2 is 2.29 bits per heavy atom. The van der Waals surface area contributed by atoms with Gasteiger partial charge in [-0.2, -0.15) is 0 Å². The van der Waals surface area contributed by atoms with Crippen molar-refractivity contribution >= 4 is 0 Å². The van der Waals surface area contributed by atoms with Gasteiger partial charge in [-0.25, -0.2) is 0 Å². The van der Waals surface area contributed by atoms with Crippen LogP contribution in [0.2, 0.25) is 0 Å². The summed E-state index contributed by atoms with van der Waals surface area (Å²) in [6, 6.07) is 8.30. The molecule has 14 heavy (non-hydrogen) atoms. The number of rotatable bonds is 3.